The number of nitrogens with one attached hydrogen (secondary N) is 1. The number of hydrogen-bond donors (Lipinski definition) is 1. The third-order valence-electron chi connectivity index (χ3n) is 3.15. The minimum atomic E-state index is -4.55. The topological polar surface area (TPSA) is 72.7 Å². The number of aromatic nitrogens is 4. The first-order valence-electron chi connectivity index (χ1n) is 6.86. The van der Waals surface area contributed by atoms with Crippen LogP contribution < -0.4 is 5.32 Å². The molecule has 0 aliphatic rings. The summed E-state index contributed by atoms with van der Waals surface area (Å²) in [5.74, 6) is -0.357. The zero-order valence-corrected chi connectivity index (χ0v) is 13.9. The molecule has 0 spiro atoms. The highest BCUT2D eigenvalue weighted by atomic mass is 79.9. The van der Waals surface area contributed by atoms with Gasteiger partial charge in [0.15, 0.2) is 5.69 Å². The average molecular weight is 412 g/mol. The first-order valence-corrected chi connectivity index (χ1v) is 7.66. The standard InChI is InChI=1S/C15H9BrF3N5O/c16-9-5-6-13(20-7-9)21-14(25)11-8-24(23-22-11)12-4-2-1-3-10(12)15(17,18)19/h1-8H,(H,20,21,25). The molecule has 2 heterocycles. The average Bonchev–Trinajstić information content (AvgIpc) is 3.06. The Kier molecular flexibility index (Phi) is 4.53. The lowest BCUT2D eigenvalue weighted by Gasteiger charge is -2.11. The Bertz CT molecular complexity index is 908. The van der Waals surface area contributed by atoms with Gasteiger partial charge < -0.3 is 5.32 Å². The van der Waals surface area contributed by atoms with Crippen molar-refractivity contribution < 1.29 is 18.0 Å². The number of pyridine rings is 1. The summed E-state index contributed by atoms with van der Waals surface area (Å²) in [5, 5.41) is 9.73. The maximum absolute atomic E-state index is 13.1. The number of alkyl halides is 3. The monoisotopic (exact) mass is 411 g/mol. The molecule has 0 aliphatic carbocycles. The molecular weight excluding hydrogens is 403 g/mol. The van der Waals surface area contributed by atoms with E-state index in [4.69, 9.17) is 0 Å². The first kappa shape index (κ1) is 17.1. The fourth-order valence-corrected chi connectivity index (χ4v) is 2.26. The minimum absolute atomic E-state index is 0.137. The Morgan fingerprint density at radius 2 is 1.92 bits per heavy atom. The van der Waals surface area contributed by atoms with E-state index in [1.54, 1.807) is 12.1 Å². The van der Waals surface area contributed by atoms with E-state index >= 15 is 0 Å². The Morgan fingerprint density at radius 3 is 2.60 bits per heavy atom. The second-order valence-corrected chi connectivity index (χ2v) is 5.79. The molecule has 0 unspecified atom stereocenters. The van der Waals surface area contributed by atoms with Crippen LogP contribution in [-0.2, 0) is 6.18 Å². The van der Waals surface area contributed by atoms with Crippen molar-refractivity contribution in [2.24, 2.45) is 0 Å². The Hall–Kier alpha value is -2.75. The van der Waals surface area contributed by atoms with Crippen LogP contribution in [0, 0.1) is 0 Å². The van der Waals surface area contributed by atoms with Gasteiger partial charge in [0.1, 0.15) is 5.82 Å². The summed E-state index contributed by atoms with van der Waals surface area (Å²) in [6.45, 7) is 0. The van der Waals surface area contributed by atoms with Gasteiger partial charge in [-0.2, -0.15) is 13.2 Å². The second kappa shape index (κ2) is 6.63. The van der Waals surface area contributed by atoms with Gasteiger partial charge in [0.05, 0.1) is 17.4 Å². The fourth-order valence-electron chi connectivity index (χ4n) is 2.03. The Morgan fingerprint density at radius 1 is 1.16 bits per heavy atom. The molecule has 25 heavy (non-hydrogen) atoms. The minimum Gasteiger partial charge on any atom is -0.305 e. The van der Waals surface area contributed by atoms with Gasteiger partial charge in [0, 0.05) is 10.7 Å². The van der Waals surface area contributed by atoms with Crippen LogP contribution in [0.2, 0.25) is 0 Å². The van der Waals surface area contributed by atoms with Crippen LogP contribution in [0.4, 0.5) is 19.0 Å². The number of carbonyl (C=O) groups is 1. The molecule has 10 heteroatoms. The molecule has 0 saturated heterocycles. The molecule has 0 fully saturated rings. The summed E-state index contributed by atoms with van der Waals surface area (Å²) >= 11 is 3.22. The molecule has 1 amide bonds. The maximum atomic E-state index is 13.1. The lowest BCUT2D eigenvalue weighted by molar-refractivity contribution is -0.137. The Labute approximate surface area is 147 Å². The SMILES string of the molecule is O=C(Nc1ccc(Br)cn1)c1cn(-c2ccccc2C(F)(F)F)nn1. The second-order valence-electron chi connectivity index (χ2n) is 4.88. The summed E-state index contributed by atoms with van der Waals surface area (Å²) in [6.07, 6.45) is -1.93. The van der Waals surface area contributed by atoms with Gasteiger partial charge in [-0.3, -0.25) is 4.79 Å². The van der Waals surface area contributed by atoms with E-state index in [0.29, 0.717) is 0 Å². The van der Waals surface area contributed by atoms with E-state index in [0.717, 1.165) is 21.4 Å². The zero-order valence-electron chi connectivity index (χ0n) is 12.3. The van der Waals surface area contributed by atoms with Crippen molar-refractivity contribution in [1.29, 1.82) is 0 Å². The van der Waals surface area contributed by atoms with Gasteiger partial charge in [-0.25, -0.2) is 9.67 Å². The smallest absolute Gasteiger partial charge is 0.305 e. The van der Waals surface area contributed by atoms with Crippen LogP contribution in [-0.4, -0.2) is 25.9 Å². The van der Waals surface area contributed by atoms with Gasteiger partial charge >= 0.3 is 6.18 Å². The number of nitrogens with zero attached hydrogens (tertiary/aromatic N) is 4. The number of halogens is 4. The highest BCUT2D eigenvalue weighted by molar-refractivity contribution is 9.10. The summed E-state index contributed by atoms with van der Waals surface area (Å²) in [7, 11) is 0. The van der Waals surface area contributed by atoms with E-state index in [1.807, 2.05) is 0 Å². The molecule has 0 saturated carbocycles. The number of hydrogen-bond acceptors (Lipinski definition) is 4. The summed E-state index contributed by atoms with van der Waals surface area (Å²) < 4.78 is 40.8. The number of amides is 1. The third-order valence-corrected chi connectivity index (χ3v) is 3.62. The van der Waals surface area contributed by atoms with Crippen molar-refractivity contribution >= 4 is 27.7 Å². The van der Waals surface area contributed by atoms with Crippen LogP contribution in [0.5, 0.6) is 0 Å². The van der Waals surface area contributed by atoms with E-state index in [9.17, 15) is 18.0 Å². The van der Waals surface area contributed by atoms with Crippen LogP contribution >= 0.6 is 15.9 Å². The maximum Gasteiger partial charge on any atom is 0.418 e. The van der Waals surface area contributed by atoms with Gasteiger partial charge in [-0.15, -0.1) is 5.10 Å². The quantitative estimate of drug-likeness (QED) is 0.712. The summed E-state index contributed by atoms with van der Waals surface area (Å²) in [5.41, 5.74) is -1.23. The van der Waals surface area contributed by atoms with Gasteiger partial charge in [0.25, 0.3) is 5.91 Å². The number of carbonyl (C=O) groups excluding carboxylic acids is 1. The molecule has 0 bridgehead atoms. The third kappa shape index (κ3) is 3.85. The van der Waals surface area contributed by atoms with Crippen molar-refractivity contribution in [2.45, 2.75) is 6.18 Å². The van der Waals surface area contributed by atoms with Crippen molar-refractivity contribution in [3.63, 3.8) is 0 Å². The highest BCUT2D eigenvalue weighted by Gasteiger charge is 2.34. The van der Waals surface area contributed by atoms with Crippen LogP contribution in [0.1, 0.15) is 16.1 Å². The molecular formula is C15H9BrF3N5O. The number of benzene rings is 1. The Balaban J connectivity index is 1.86. The molecule has 3 aromatic rings. The predicted octanol–water partition coefficient (Wildman–Crippen LogP) is 3.70. The van der Waals surface area contributed by atoms with Crippen molar-refractivity contribution in [3.05, 3.63) is 64.5 Å². The van der Waals surface area contributed by atoms with Crippen LogP contribution in [0.25, 0.3) is 5.69 Å². The van der Waals surface area contributed by atoms with Crippen LogP contribution in [0.3, 0.4) is 0 Å². The molecule has 128 valence electrons. The molecule has 0 aliphatic heterocycles. The van der Waals surface area contributed by atoms with Gasteiger partial charge in [-0.05, 0) is 40.2 Å². The highest BCUT2D eigenvalue weighted by Crippen LogP contribution is 2.33. The number of rotatable bonds is 3. The predicted molar refractivity (Wildman–Crippen MR) is 86.3 cm³/mol. The van der Waals surface area contributed by atoms with Crippen molar-refractivity contribution in [2.75, 3.05) is 5.32 Å². The molecule has 1 N–H and O–H groups in total. The first-order chi connectivity index (χ1) is 11.8. The van der Waals surface area contributed by atoms with E-state index in [-0.39, 0.29) is 17.2 Å². The van der Waals surface area contributed by atoms with Gasteiger partial charge in [-0.1, -0.05) is 17.3 Å². The largest absolute Gasteiger partial charge is 0.418 e. The van der Waals surface area contributed by atoms with Crippen LogP contribution in [0.15, 0.2) is 53.3 Å². The molecule has 6 nitrogen and oxygen atoms in total. The lowest BCUT2D eigenvalue weighted by Crippen LogP contribution is -2.13. The zero-order chi connectivity index (χ0) is 18.0. The van der Waals surface area contributed by atoms with E-state index in [1.165, 1.54) is 24.4 Å². The number of anilines is 1. The fraction of sp³-hybridized carbons (Fsp3) is 0.0667. The van der Waals surface area contributed by atoms with Crippen molar-refractivity contribution in [3.8, 4) is 5.69 Å². The van der Waals surface area contributed by atoms with E-state index < -0.39 is 17.6 Å². The normalized spacial score (nSPS) is 11.4. The lowest BCUT2D eigenvalue weighted by atomic mass is 10.1. The molecule has 0 radical (unpaired) electrons. The molecule has 1 aromatic carbocycles. The molecule has 3 rings (SSSR count). The van der Waals surface area contributed by atoms with Crippen molar-refractivity contribution in [1.82, 2.24) is 20.0 Å². The molecule has 2 aromatic heterocycles. The molecule has 0 atom stereocenters. The van der Waals surface area contributed by atoms with E-state index in [2.05, 4.69) is 36.5 Å². The number of para-hydroxylation sites is 1. The van der Waals surface area contributed by atoms with Gasteiger partial charge in [0.2, 0.25) is 0 Å². The summed E-state index contributed by atoms with van der Waals surface area (Å²) in [4.78, 5) is 16.1. The summed E-state index contributed by atoms with van der Waals surface area (Å²) in [6, 6.07) is 8.14.